The zero-order chi connectivity index (χ0) is 11.8. The molecule has 1 fully saturated rings. The fraction of sp³-hybridized carbons (Fsp3) is 1.00. The summed E-state index contributed by atoms with van der Waals surface area (Å²) in [7, 11) is 0. The molecular weight excluding hydrogens is 194 g/mol. The average Bonchev–Trinajstić information content (AvgIpc) is 2.34. The molecule has 0 bridgehead atoms. The highest BCUT2D eigenvalue weighted by Crippen LogP contribution is 2.28. The minimum absolute atomic E-state index is 0.715. The van der Waals surface area contributed by atoms with Gasteiger partial charge in [0.15, 0.2) is 0 Å². The Balaban J connectivity index is 2.29. The van der Waals surface area contributed by atoms with Gasteiger partial charge in [0.1, 0.15) is 0 Å². The van der Waals surface area contributed by atoms with Crippen LogP contribution in [0.15, 0.2) is 0 Å². The predicted octanol–water partition coefficient (Wildman–Crippen LogP) is 4.51. The minimum Gasteiger partial charge on any atom is -0.311 e. The predicted molar refractivity (Wildman–Crippen MR) is 72.8 cm³/mol. The van der Waals surface area contributed by atoms with Crippen molar-refractivity contribution in [1.82, 2.24) is 5.32 Å². The van der Waals surface area contributed by atoms with Crippen molar-refractivity contribution in [1.29, 1.82) is 0 Å². The second-order valence-electron chi connectivity index (χ2n) is 5.62. The second kappa shape index (κ2) is 8.11. The lowest BCUT2D eigenvalue weighted by Gasteiger charge is -2.32. The average molecular weight is 225 g/mol. The van der Waals surface area contributed by atoms with Gasteiger partial charge in [-0.15, -0.1) is 0 Å². The van der Waals surface area contributed by atoms with Gasteiger partial charge < -0.3 is 5.32 Å². The van der Waals surface area contributed by atoms with E-state index < -0.39 is 0 Å². The first-order valence-corrected chi connectivity index (χ1v) is 7.54. The Bertz CT molecular complexity index is 161. The molecule has 2 atom stereocenters. The lowest BCUT2D eigenvalue weighted by Crippen LogP contribution is -2.41. The van der Waals surface area contributed by atoms with Crippen molar-refractivity contribution in [2.75, 3.05) is 0 Å². The molecule has 1 saturated carbocycles. The summed E-state index contributed by atoms with van der Waals surface area (Å²) in [5.41, 5.74) is 0. The molecule has 0 radical (unpaired) electrons. The van der Waals surface area contributed by atoms with Crippen LogP contribution in [-0.4, -0.2) is 12.1 Å². The Labute approximate surface area is 102 Å². The van der Waals surface area contributed by atoms with Crippen LogP contribution in [0.25, 0.3) is 0 Å². The number of rotatable bonds is 7. The number of hydrogen-bond donors (Lipinski definition) is 1. The Morgan fingerprint density at radius 3 is 2.38 bits per heavy atom. The number of unbranched alkanes of at least 4 members (excludes halogenated alkanes) is 1. The first-order chi connectivity index (χ1) is 7.77. The number of hydrogen-bond acceptors (Lipinski definition) is 1. The molecule has 0 amide bonds. The van der Waals surface area contributed by atoms with Crippen LogP contribution in [0.4, 0.5) is 0 Å². The molecule has 1 heteroatoms. The van der Waals surface area contributed by atoms with E-state index in [9.17, 15) is 0 Å². The monoisotopic (exact) mass is 225 g/mol. The number of nitrogens with one attached hydrogen (secondary N) is 1. The molecule has 1 nitrogen and oxygen atoms in total. The minimum atomic E-state index is 0.715. The first-order valence-electron chi connectivity index (χ1n) is 7.54. The molecule has 96 valence electrons. The highest BCUT2D eigenvalue weighted by atomic mass is 14.9. The van der Waals surface area contributed by atoms with Crippen LogP contribution >= 0.6 is 0 Å². The van der Waals surface area contributed by atoms with E-state index in [2.05, 4.69) is 26.1 Å². The van der Waals surface area contributed by atoms with E-state index in [1.807, 2.05) is 0 Å². The van der Waals surface area contributed by atoms with Crippen molar-refractivity contribution in [2.24, 2.45) is 5.92 Å². The van der Waals surface area contributed by atoms with E-state index in [4.69, 9.17) is 0 Å². The Hall–Kier alpha value is -0.0400. The molecule has 16 heavy (non-hydrogen) atoms. The molecule has 0 aromatic heterocycles. The Morgan fingerprint density at radius 1 is 1.12 bits per heavy atom. The van der Waals surface area contributed by atoms with Crippen LogP contribution < -0.4 is 5.32 Å². The molecule has 0 heterocycles. The van der Waals surface area contributed by atoms with Crippen molar-refractivity contribution < 1.29 is 0 Å². The molecule has 0 aromatic rings. The van der Waals surface area contributed by atoms with E-state index in [-0.39, 0.29) is 0 Å². The summed E-state index contributed by atoms with van der Waals surface area (Å²) in [6, 6.07) is 1.50. The molecule has 1 aliphatic carbocycles. The topological polar surface area (TPSA) is 12.0 Å². The quantitative estimate of drug-likeness (QED) is 0.672. The van der Waals surface area contributed by atoms with Gasteiger partial charge in [0.25, 0.3) is 0 Å². The summed E-state index contributed by atoms with van der Waals surface area (Å²) < 4.78 is 0. The summed E-state index contributed by atoms with van der Waals surface area (Å²) in [4.78, 5) is 0. The molecule has 0 saturated heterocycles. The van der Waals surface area contributed by atoms with Gasteiger partial charge in [-0.05, 0) is 38.5 Å². The summed E-state index contributed by atoms with van der Waals surface area (Å²) >= 11 is 0. The largest absolute Gasteiger partial charge is 0.311 e. The zero-order valence-electron chi connectivity index (χ0n) is 11.6. The van der Waals surface area contributed by atoms with Gasteiger partial charge in [0, 0.05) is 12.1 Å². The van der Waals surface area contributed by atoms with Gasteiger partial charge in [0.2, 0.25) is 0 Å². The summed E-state index contributed by atoms with van der Waals surface area (Å²) in [6.07, 6.45) is 12.7. The molecule has 1 N–H and O–H groups in total. The van der Waals surface area contributed by atoms with Crippen molar-refractivity contribution in [3.8, 4) is 0 Å². The highest BCUT2D eigenvalue weighted by Gasteiger charge is 2.22. The van der Waals surface area contributed by atoms with Crippen LogP contribution in [0.5, 0.6) is 0 Å². The molecule has 0 aromatic carbocycles. The third-order valence-corrected chi connectivity index (χ3v) is 4.15. The van der Waals surface area contributed by atoms with Gasteiger partial charge in [-0.2, -0.15) is 0 Å². The van der Waals surface area contributed by atoms with E-state index in [0.717, 1.165) is 12.0 Å². The molecule has 1 aliphatic rings. The molecule has 0 aliphatic heterocycles. The maximum absolute atomic E-state index is 3.87. The molecular formula is C15H31N. The van der Waals surface area contributed by atoms with Gasteiger partial charge in [-0.3, -0.25) is 0 Å². The normalized spacial score (nSPS) is 21.9. The van der Waals surface area contributed by atoms with E-state index in [1.54, 1.807) is 0 Å². The van der Waals surface area contributed by atoms with Gasteiger partial charge in [-0.1, -0.05) is 46.0 Å². The second-order valence-corrected chi connectivity index (χ2v) is 5.62. The van der Waals surface area contributed by atoms with E-state index in [1.165, 1.54) is 57.8 Å². The Morgan fingerprint density at radius 2 is 1.81 bits per heavy atom. The van der Waals surface area contributed by atoms with Crippen LogP contribution in [0.3, 0.4) is 0 Å². The molecule has 0 spiro atoms. The van der Waals surface area contributed by atoms with Crippen LogP contribution in [0, 0.1) is 5.92 Å². The highest BCUT2D eigenvalue weighted by molar-refractivity contribution is 4.80. The lowest BCUT2D eigenvalue weighted by molar-refractivity contribution is 0.245. The van der Waals surface area contributed by atoms with Crippen molar-refractivity contribution in [2.45, 2.75) is 90.6 Å². The van der Waals surface area contributed by atoms with Crippen LogP contribution in [0.2, 0.25) is 0 Å². The molecule has 1 rings (SSSR count). The first kappa shape index (κ1) is 14.0. The summed E-state index contributed by atoms with van der Waals surface area (Å²) in [5.74, 6) is 0.961. The summed E-state index contributed by atoms with van der Waals surface area (Å²) in [6.45, 7) is 6.99. The van der Waals surface area contributed by atoms with E-state index in [0.29, 0.717) is 6.04 Å². The molecule has 2 unspecified atom stereocenters. The van der Waals surface area contributed by atoms with Crippen LogP contribution in [-0.2, 0) is 0 Å². The lowest BCUT2D eigenvalue weighted by atomic mass is 9.82. The van der Waals surface area contributed by atoms with E-state index >= 15 is 0 Å². The third kappa shape index (κ3) is 4.86. The smallest absolute Gasteiger partial charge is 0.00951 e. The maximum Gasteiger partial charge on any atom is 0.00951 e. The fourth-order valence-electron chi connectivity index (χ4n) is 3.08. The zero-order valence-corrected chi connectivity index (χ0v) is 11.6. The van der Waals surface area contributed by atoms with Gasteiger partial charge >= 0.3 is 0 Å². The van der Waals surface area contributed by atoms with Crippen molar-refractivity contribution in [3.63, 3.8) is 0 Å². The van der Waals surface area contributed by atoms with Crippen molar-refractivity contribution in [3.05, 3.63) is 0 Å². The third-order valence-electron chi connectivity index (χ3n) is 4.15. The van der Waals surface area contributed by atoms with Crippen LogP contribution in [0.1, 0.15) is 78.6 Å². The standard InChI is InChI=1S/C15H31N/c1-4-6-10-13(3)16-15(5-2)14-11-8-7-9-12-14/h13-16H,4-12H2,1-3H3. The maximum atomic E-state index is 3.87. The SMILES string of the molecule is CCCCC(C)NC(CC)C1CCCCC1. The summed E-state index contributed by atoms with van der Waals surface area (Å²) in [5, 5.41) is 3.87. The fourth-order valence-corrected chi connectivity index (χ4v) is 3.08. The van der Waals surface area contributed by atoms with Gasteiger partial charge in [0.05, 0.1) is 0 Å². The van der Waals surface area contributed by atoms with Gasteiger partial charge in [-0.25, -0.2) is 0 Å². The Kier molecular flexibility index (Phi) is 7.11. The van der Waals surface area contributed by atoms with Crippen molar-refractivity contribution >= 4 is 0 Å².